The normalized spacial score (nSPS) is 13.2. The van der Waals surface area contributed by atoms with Crippen LogP contribution in [0, 0.1) is 0 Å². The molecule has 160 valence electrons. The molecule has 1 aromatic heterocycles. The highest BCUT2D eigenvalue weighted by molar-refractivity contribution is 5.99. The van der Waals surface area contributed by atoms with Crippen LogP contribution in [0.15, 0.2) is 72.9 Å². The number of ether oxygens (including phenoxy) is 1. The van der Waals surface area contributed by atoms with E-state index >= 15 is 0 Å². The number of amides is 2. The van der Waals surface area contributed by atoms with Gasteiger partial charge in [0.25, 0.3) is 5.91 Å². The van der Waals surface area contributed by atoms with Crippen molar-refractivity contribution in [2.24, 2.45) is 5.73 Å². The van der Waals surface area contributed by atoms with Gasteiger partial charge in [-0.25, -0.2) is 4.98 Å². The van der Waals surface area contributed by atoms with Gasteiger partial charge in [-0.15, -0.1) is 0 Å². The number of nitrogens with two attached hydrogens (primary N) is 1. The van der Waals surface area contributed by atoms with Gasteiger partial charge < -0.3 is 15.8 Å². The van der Waals surface area contributed by atoms with Crippen molar-refractivity contribution in [3.8, 4) is 11.6 Å². The lowest BCUT2D eigenvalue weighted by molar-refractivity contribution is -0.137. The van der Waals surface area contributed by atoms with Crippen LogP contribution in [-0.2, 0) is 16.5 Å². The van der Waals surface area contributed by atoms with Crippen LogP contribution >= 0.6 is 0 Å². The predicted octanol–water partition coefficient (Wildman–Crippen LogP) is 4.02. The fourth-order valence-electron chi connectivity index (χ4n) is 2.75. The number of aromatic nitrogens is 1. The number of halogens is 3. The molecular formula is C22H18F3N3O3. The van der Waals surface area contributed by atoms with E-state index in [4.69, 9.17) is 10.5 Å². The molecule has 0 aliphatic heterocycles. The third-order valence-electron chi connectivity index (χ3n) is 4.61. The number of hydrogen-bond donors (Lipinski definition) is 2. The number of primary amides is 1. The number of rotatable bonds is 6. The molecule has 2 amide bonds. The Kier molecular flexibility index (Phi) is 5.96. The number of hydrogen-bond acceptors (Lipinski definition) is 4. The fraction of sp³-hybridized carbons (Fsp3) is 0.136. The van der Waals surface area contributed by atoms with Gasteiger partial charge in [0.05, 0.1) is 5.56 Å². The summed E-state index contributed by atoms with van der Waals surface area (Å²) in [5, 5.41) is 2.64. The highest BCUT2D eigenvalue weighted by Gasteiger charge is 2.35. The molecule has 0 aliphatic carbocycles. The first-order valence-corrected chi connectivity index (χ1v) is 9.09. The fourth-order valence-corrected chi connectivity index (χ4v) is 2.75. The summed E-state index contributed by atoms with van der Waals surface area (Å²) >= 11 is 0. The standard InChI is InChI=1S/C22H18F3N3O3/c1-21(20(26)30,15-5-3-2-4-6-15)28-19(29)14-7-10-17(11-8-14)31-18-12-9-16(13-27-18)22(23,24)25/h2-13H,1H3,(H2,26,30)(H,28,29)/t21-/m1/s1. The average Bonchev–Trinajstić information content (AvgIpc) is 2.74. The average molecular weight is 429 g/mol. The maximum absolute atomic E-state index is 12.7. The van der Waals surface area contributed by atoms with E-state index in [1.54, 1.807) is 30.3 Å². The predicted molar refractivity (Wildman–Crippen MR) is 106 cm³/mol. The zero-order valence-corrected chi connectivity index (χ0v) is 16.3. The number of carbonyl (C=O) groups excluding carboxylic acids is 2. The Balaban J connectivity index is 1.72. The van der Waals surface area contributed by atoms with E-state index in [1.807, 2.05) is 0 Å². The van der Waals surface area contributed by atoms with Gasteiger partial charge in [-0.3, -0.25) is 9.59 Å². The van der Waals surface area contributed by atoms with Gasteiger partial charge in [0.2, 0.25) is 11.8 Å². The van der Waals surface area contributed by atoms with Crippen molar-refractivity contribution in [1.29, 1.82) is 0 Å². The van der Waals surface area contributed by atoms with Crippen LogP contribution in [0.2, 0.25) is 0 Å². The summed E-state index contributed by atoms with van der Waals surface area (Å²) in [6, 6.07) is 16.3. The summed E-state index contributed by atoms with van der Waals surface area (Å²) in [5.41, 5.74) is 3.98. The molecule has 0 spiro atoms. The minimum absolute atomic E-state index is 0.0319. The van der Waals surface area contributed by atoms with Crippen molar-refractivity contribution >= 4 is 11.8 Å². The Morgan fingerprint density at radius 2 is 1.58 bits per heavy atom. The summed E-state index contributed by atoms with van der Waals surface area (Å²) in [4.78, 5) is 28.3. The third-order valence-corrected chi connectivity index (χ3v) is 4.61. The molecule has 0 unspecified atom stereocenters. The van der Waals surface area contributed by atoms with Gasteiger partial charge in [-0.1, -0.05) is 30.3 Å². The van der Waals surface area contributed by atoms with Crippen molar-refractivity contribution in [2.45, 2.75) is 18.6 Å². The SMILES string of the molecule is C[C@](NC(=O)c1ccc(Oc2ccc(C(F)(F)F)cn2)cc1)(C(N)=O)c1ccccc1. The molecule has 0 radical (unpaired) electrons. The van der Waals surface area contributed by atoms with Gasteiger partial charge in [0.15, 0.2) is 0 Å². The maximum atomic E-state index is 12.7. The molecule has 0 aliphatic rings. The Morgan fingerprint density at radius 3 is 2.10 bits per heavy atom. The number of alkyl halides is 3. The van der Waals surface area contributed by atoms with Crippen molar-refractivity contribution in [2.75, 3.05) is 0 Å². The number of carbonyl (C=O) groups is 2. The van der Waals surface area contributed by atoms with Crippen molar-refractivity contribution in [3.05, 3.63) is 89.6 Å². The van der Waals surface area contributed by atoms with E-state index in [0.717, 1.165) is 12.1 Å². The lowest BCUT2D eigenvalue weighted by Gasteiger charge is -2.28. The largest absolute Gasteiger partial charge is 0.439 e. The van der Waals surface area contributed by atoms with Crippen molar-refractivity contribution in [3.63, 3.8) is 0 Å². The lowest BCUT2D eigenvalue weighted by atomic mass is 9.91. The summed E-state index contributed by atoms with van der Waals surface area (Å²) in [6.45, 7) is 1.51. The Bertz CT molecular complexity index is 1070. The van der Waals surface area contributed by atoms with Crippen LogP contribution in [0.25, 0.3) is 0 Å². The molecule has 3 N–H and O–H groups in total. The molecule has 0 saturated carbocycles. The quantitative estimate of drug-likeness (QED) is 0.619. The second kappa shape index (κ2) is 8.47. The van der Waals surface area contributed by atoms with E-state index in [9.17, 15) is 22.8 Å². The Hall–Kier alpha value is -3.88. The van der Waals surface area contributed by atoms with Gasteiger partial charge in [-0.2, -0.15) is 13.2 Å². The highest BCUT2D eigenvalue weighted by Crippen LogP contribution is 2.30. The summed E-state index contributed by atoms with van der Waals surface area (Å²) in [6.07, 6.45) is -3.81. The topological polar surface area (TPSA) is 94.3 Å². The first-order valence-electron chi connectivity index (χ1n) is 9.09. The number of nitrogens with one attached hydrogen (secondary N) is 1. The molecule has 1 atom stereocenters. The highest BCUT2D eigenvalue weighted by atomic mass is 19.4. The molecule has 3 aromatic rings. The minimum Gasteiger partial charge on any atom is -0.439 e. The number of nitrogens with zero attached hydrogens (tertiary/aromatic N) is 1. The molecule has 0 fully saturated rings. The van der Waals surface area contributed by atoms with E-state index in [0.29, 0.717) is 11.8 Å². The zero-order chi connectivity index (χ0) is 22.6. The second-order valence-corrected chi connectivity index (χ2v) is 6.82. The van der Waals surface area contributed by atoms with Gasteiger partial charge in [-0.05, 0) is 42.8 Å². The van der Waals surface area contributed by atoms with E-state index < -0.39 is 29.1 Å². The molecule has 1 heterocycles. The van der Waals surface area contributed by atoms with E-state index in [-0.39, 0.29) is 17.2 Å². The zero-order valence-electron chi connectivity index (χ0n) is 16.3. The summed E-state index contributed by atoms with van der Waals surface area (Å²) in [5.74, 6) is -1.02. The molecule has 9 heteroatoms. The Morgan fingerprint density at radius 1 is 0.935 bits per heavy atom. The van der Waals surface area contributed by atoms with Gasteiger partial charge in [0.1, 0.15) is 11.3 Å². The van der Waals surface area contributed by atoms with Crippen LogP contribution in [0.3, 0.4) is 0 Å². The molecule has 3 rings (SSSR count). The molecule has 31 heavy (non-hydrogen) atoms. The summed E-state index contributed by atoms with van der Waals surface area (Å²) < 4.78 is 43.2. The Labute approximate surface area is 175 Å². The third kappa shape index (κ3) is 5.00. The molecule has 6 nitrogen and oxygen atoms in total. The monoisotopic (exact) mass is 429 g/mol. The first kappa shape index (κ1) is 21.8. The van der Waals surface area contributed by atoms with E-state index in [2.05, 4.69) is 10.3 Å². The molecule has 0 saturated heterocycles. The molecule has 2 aromatic carbocycles. The molecular weight excluding hydrogens is 411 g/mol. The minimum atomic E-state index is -4.49. The van der Waals surface area contributed by atoms with Crippen LogP contribution in [0.1, 0.15) is 28.4 Å². The van der Waals surface area contributed by atoms with Gasteiger partial charge in [0, 0.05) is 17.8 Å². The smallest absolute Gasteiger partial charge is 0.417 e. The van der Waals surface area contributed by atoms with Crippen LogP contribution in [-0.4, -0.2) is 16.8 Å². The van der Waals surface area contributed by atoms with Crippen LogP contribution in [0.4, 0.5) is 13.2 Å². The van der Waals surface area contributed by atoms with Crippen LogP contribution in [0.5, 0.6) is 11.6 Å². The van der Waals surface area contributed by atoms with E-state index in [1.165, 1.54) is 31.2 Å². The number of pyridine rings is 1. The van der Waals surface area contributed by atoms with Crippen LogP contribution < -0.4 is 15.8 Å². The lowest BCUT2D eigenvalue weighted by Crippen LogP contribution is -2.52. The van der Waals surface area contributed by atoms with Crippen molar-refractivity contribution < 1.29 is 27.5 Å². The summed E-state index contributed by atoms with van der Waals surface area (Å²) in [7, 11) is 0. The maximum Gasteiger partial charge on any atom is 0.417 e. The first-order chi connectivity index (χ1) is 14.6. The second-order valence-electron chi connectivity index (χ2n) is 6.82. The van der Waals surface area contributed by atoms with Gasteiger partial charge >= 0.3 is 6.18 Å². The molecule has 0 bridgehead atoms. The van der Waals surface area contributed by atoms with Crippen molar-refractivity contribution in [1.82, 2.24) is 10.3 Å². The number of benzene rings is 2.